The van der Waals surface area contributed by atoms with E-state index in [1.54, 1.807) is 26.0 Å². The molecule has 2 N–H and O–H groups in total. The van der Waals surface area contributed by atoms with Crippen molar-refractivity contribution in [3.63, 3.8) is 0 Å². The summed E-state index contributed by atoms with van der Waals surface area (Å²) >= 11 is 0. The van der Waals surface area contributed by atoms with Crippen LogP contribution in [-0.2, 0) is 13.6 Å². The fraction of sp³-hybridized carbons (Fsp3) is 0.538. The summed E-state index contributed by atoms with van der Waals surface area (Å²) in [6.45, 7) is 6.47. The Morgan fingerprint density at radius 1 is 1.11 bits per heavy atom. The van der Waals surface area contributed by atoms with Gasteiger partial charge in [0.15, 0.2) is 0 Å². The first-order valence-electron chi connectivity index (χ1n) is 6.45. The number of benzene rings is 1. The molecule has 0 saturated heterocycles. The highest BCUT2D eigenvalue weighted by atomic mass is 31.2. The summed E-state index contributed by atoms with van der Waals surface area (Å²) < 4.78 is 28.7. The first kappa shape index (κ1) is 16.2. The second kappa shape index (κ2) is 7.65. The fourth-order valence-electron chi connectivity index (χ4n) is 1.74. The number of ether oxygens (including phenoxy) is 1. The SMILES string of the molecule is CCOc1ccccc1[C@@H](N)P(=O)(OCC)OCC. The van der Waals surface area contributed by atoms with E-state index in [4.69, 9.17) is 19.5 Å². The maximum Gasteiger partial charge on any atom is 0.351 e. The van der Waals surface area contributed by atoms with Crippen LogP contribution >= 0.6 is 7.60 Å². The molecule has 1 atom stereocenters. The monoisotopic (exact) mass is 287 g/mol. The summed E-state index contributed by atoms with van der Waals surface area (Å²) in [5.74, 6) is -0.243. The zero-order chi connectivity index (χ0) is 14.3. The van der Waals surface area contributed by atoms with Crippen molar-refractivity contribution in [2.45, 2.75) is 26.6 Å². The highest BCUT2D eigenvalue weighted by molar-refractivity contribution is 7.54. The molecule has 0 spiro atoms. The Labute approximate surface area is 114 Å². The molecule has 19 heavy (non-hydrogen) atoms. The van der Waals surface area contributed by atoms with Gasteiger partial charge in [0.05, 0.1) is 19.8 Å². The van der Waals surface area contributed by atoms with Crippen LogP contribution in [0.4, 0.5) is 0 Å². The average molecular weight is 287 g/mol. The van der Waals surface area contributed by atoms with Crippen LogP contribution in [0.2, 0.25) is 0 Å². The largest absolute Gasteiger partial charge is 0.494 e. The molecular formula is C13H22NO4P. The molecule has 0 unspecified atom stereocenters. The van der Waals surface area contributed by atoms with Crippen molar-refractivity contribution in [1.82, 2.24) is 0 Å². The molecule has 0 saturated carbocycles. The lowest BCUT2D eigenvalue weighted by Gasteiger charge is -2.24. The molecule has 1 rings (SSSR count). The third-order valence-electron chi connectivity index (χ3n) is 2.50. The standard InChI is InChI=1S/C13H22NO4P/c1-4-16-12-10-8-7-9-11(12)13(14)19(15,17-5-2)18-6-3/h7-10,13H,4-6,14H2,1-3H3/t13-/m0/s1. The highest BCUT2D eigenvalue weighted by Crippen LogP contribution is 2.59. The van der Waals surface area contributed by atoms with Crippen LogP contribution in [0.25, 0.3) is 0 Å². The minimum atomic E-state index is -3.39. The van der Waals surface area contributed by atoms with Crippen LogP contribution in [0.1, 0.15) is 32.1 Å². The van der Waals surface area contributed by atoms with Gasteiger partial charge in [-0.1, -0.05) is 18.2 Å². The summed E-state index contributed by atoms with van der Waals surface area (Å²) in [7, 11) is -3.39. The molecule has 0 amide bonds. The molecule has 0 heterocycles. The van der Waals surface area contributed by atoms with E-state index in [-0.39, 0.29) is 13.2 Å². The van der Waals surface area contributed by atoms with Gasteiger partial charge >= 0.3 is 7.60 Å². The number of hydrogen-bond donors (Lipinski definition) is 1. The summed E-state index contributed by atoms with van der Waals surface area (Å²) in [5.41, 5.74) is 6.72. The molecule has 0 bridgehead atoms. The fourth-order valence-corrected chi connectivity index (χ4v) is 3.41. The van der Waals surface area contributed by atoms with Crippen LogP contribution in [0, 0.1) is 0 Å². The van der Waals surface area contributed by atoms with Crippen LogP contribution in [0.5, 0.6) is 5.75 Å². The minimum absolute atomic E-state index is 0.280. The minimum Gasteiger partial charge on any atom is -0.494 e. The molecular weight excluding hydrogens is 265 g/mol. The first-order chi connectivity index (χ1) is 9.09. The third kappa shape index (κ3) is 4.05. The second-order valence-electron chi connectivity index (χ2n) is 3.79. The Kier molecular flexibility index (Phi) is 6.52. The van der Waals surface area contributed by atoms with Crippen molar-refractivity contribution in [3.8, 4) is 5.75 Å². The molecule has 108 valence electrons. The van der Waals surface area contributed by atoms with Crippen molar-refractivity contribution in [3.05, 3.63) is 29.8 Å². The third-order valence-corrected chi connectivity index (χ3v) is 4.69. The van der Waals surface area contributed by atoms with Gasteiger partial charge < -0.3 is 19.5 Å². The van der Waals surface area contributed by atoms with Crippen LogP contribution in [0.3, 0.4) is 0 Å². The van der Waals surface area contributed by atoms with E-state index in [1.165, 1.54) is 0 Å². The molecule has 5 nitrogen and oxygen atoms in total. The van der Waals surface area contributed by atoms with E-state index >= 15 is 0 Å². The number of rotatable bonds is 8. The van der Waals surface area contributed by atoms with Gasteiger partial charge in [-0.2, -0.15) is 0 Å². The number of hydrogen-bond acceptors (Lipinski definition) is 5. The Morgan fingerprint density at radius 2 is 1.68 bits per heavy atom. The summed E-state index contributed by atoms with van der Waals surface area (Å²) in [5, 5.41) is 0. The molecule has 0 radical (unpaired) electrons. The predicted molar refractivity (Wildman–Crippen MR) is 75.4 cm³/mol. The smallest absolute Gasteiger partial charge is 0.351 e. The Hall–Kier alpha value is -0.870. The average Bonchev–Trinajstić information content (AvgIpc) is 2.39. The topological polar surface area (TPSA) is 70.8 Å². The molecule has 0 aliphatic carbocycles. The Balaban J connectivity index is 3.09. The lowest BCUT2D eigenvalue weighted by molar-refractivity contribution is 0.211. The van der Waals surface area contributed by atoms with Crippen LogP contribution in [-0.4, -0.2) is 19.8 Å². The van der Waals surface area contributed by atoms with E-state index in [9.17, 15) is 4.57 Å². The summed E-state index contributed by atoms with van der Waals surface area (Å²) in [6.07, 6.45) is 0. The van der Waals surface area contributed by atoms with Crippen molar-refractivity contribution in [2.24, 2.45) is 5.73 Å². The van der Waals surface area contributed by atoms with Gasteiger partial charge in [-0.15, -0.1) is 0 Å². The van der Waals surface area contributed by atoms with Gasteiger partial charge in [0.25, 0.3) is 0 Å². The number of nitrogens with two attached hydrogens (primary N) is 1. The van der Waals surface area contributed by atoms with Gasteiger partial charge in [-0.3, -0.25) is 4.57 Å². The predicted octanol–water partition coefficient (Wildman–Crippen LogP) is 3.31. The van der Waals surface area contributed by atoms with Gasteiger partial charge in [0.1, 0.15) is 11.5 Å². The van der Waals surface area contributed by atoms with E-state index in [2.05, 4.69) is 0 Å². The molecule has 1 aromatic rings. The van der Waals surface area contributed by atoms with Crippen LogP contribution in [0.15, 0.2) is 24.3 Å². The van der Waals surface area contributed by atoms with E-state index in [1.807, 2.05) is 19.1 Å². The van der Waals surface area contributed by atoms with Crippen molar-refractivity contribution < 1.29 is 18.3 Å². The molecule has 0 aliphatic heterocycles. The summed E-state index contributed by atoms with van der Waals surface area (Å²) in [6, 6.07) is 7.23. The lowest BCUT2D eigenvalue weighted by Crippen LogP contribution is -2.16. The molecule has 1 aromatic carbocycles. The Bertz CT molecular complexity index is 428. The maximum atomic E-state index is 12.6. The zero-order valence-corrected chi connectivity index (χ0v) is 12.6. The second-order valence-corrected chi connectivity index (χ2v) is 5.94. The molecule has 6 heteroatoms. The van der Waals surface area contributed by atoms with Crippen molar-refractivity contribution >= 4 is 7.60 Å². The van der Waals surface area contributed by atoms with E-state index in [0.29, 0.717) is 17.9 Å². The normalized spacial score (nSPS) is 13.3. The summed E-state index contributed by atoms with van der Waals surface area (Å²) in [4.78, 5) is 0. The quantitative estimate of drug-likeness (QED) is 0.743. The Morgan fingerprint density at radius 3 is 2.21 bits per heavy atom. The zero-order valence-electron chi connectivity index (χ0n) is 11.7. The van der Waals surface area contributed by atoms with Crippen molar-refractivity contribution in [1.29, 1.82) is 0 Å². The van der Waals surface area contributed by atoms with E-state index in [0.717, 1.165) is 0 Å². The number of para-hydroxylation sites is 1. The van der Waals surface area contributed by atoms with Gasteiger partial charge in [0, 0.05) is 5.56 Å². The molecule has 0 aliphatic rings. The molecule has 0 fully saturated rings. The van der Waals surface area contributed by atoms with Crippen LogP contribution < -0.4 is 10.5 Å². The van der Waals surface area contributed by atoms with Gasteiger partial charge in [0.2, 0.25) is 0 Å². The van der Waals surface area contributed by atoms with Crippen molar-refractivity contribution in [2.75, 3.05) is 19.8 Å². The lowest BCUT2D eigenvalue weighted by atomic mass is 10.2. The molecule has 0 aromatic heterocycles. The van der Waals surface area contributed by atoms with E-state index < -0.39 is 13.4 Å². The first-order valence-corrected chi connectivity index (χ1v) is 8.06. The maximum absolute atomic E-state index is 12.6. The van der Waals surface area contributed by atoms with Gasteiger partial charge in [-0.25, -0.2) is 0 Å². The highest BCUT2D eigenvalue weighted by Gasteiger charge is 2.35. The van der Waals surface area contributed by atoms with Gasteiger partial charge in [-0.05, 0) is 26.8 Å².